The number of fused-ring (bicyclic) bond motifs is 1. The first kappa shape index (κ1) is 18.4. The summed E-state index contributed by atoms with van der Waals surface area (Å²) in [6, 6.07) is 24.3. The van der Waals surface area contributed by atoms with Gasteiger partial charge < -0.3 is 10.6 Å². The van der Waals surface area contributed by atoms with Crippen LogP contribution in [0.3, 0.4) is 0 Å². The molecule has 3 aromatic rings. The van der Waals surface area contributed by atoms with Crippen molar-refractivity contribution >= 4 is 27.1 Å². The highest BCUT2D eigenvalue weighted by atomic mass is 32.2. The predicted octanol–water partition coefficient (Wildman–Crippen LogP) is 4.31. The third-order valence-corrected chi connectivity index (χ3v) is 6.81. The molecule has 0 amide bonds. The highest BCUT2D eigenvalue weighted by Crippen LogP contribution is 2.35. The van der Waals surface area contributed by atoms with Gasteiger partial charge >= 0.3 is 0 Å². The first-order chi connectivity index (χ1) is 13.4. The second-order valence-corrected chi connectivity index (χ2v) is 9.23. The van der Waals surface area contributed by atoms with Crippen LogP contribution in [0.5, 0.6) is 0 Å². The van der Waals surface area contributed by atoms with Crippen LogP contribution in [0.25, 0.3) is 0 Å². The van der Waals surface area contributed by atoms with Crippen LogP contribution in [0.15, 0.2) is 83.8 Å². The molecule has 0 atom stereocenters. The number of hydrogen-bond donors (Lipinski definition) is 2. The minimum absolute atomic E-state index is 0.281. The van der Waals surface area contributed by atoms with Crippen LogP contribution in [0.1, 0.15) is 12.5 Å². The highest BCUT2D eigenvalue weighted by Gasteiger charge is 2.31. The standard InChI is InChI=1S/C22H23N3O2S/c1-22(23-20-10-6-7-11-21(20)24-22)16-17-12-14-19(15-13-17)28(26,27)25(2)18-8-4-3-5-9-18/h3-15,23-24H,16H2,1-2H3. The maximum Gasteiger partial charge on any atom is 0.264 e. The minimum atomic E-state index is -3.59. The maximum absolute atomic E-state index is 12.9. The topological polar surface area (TPSA) is 61.4 Å². The van der Waals surface area contributed by atoms with Crippen LogP contribution in [-0.4, -0.2) is 21.1 Å². The Labute approximate surface area is 166 Å². The normalized spacial score (nSPS) is 14.6. The SMILES string of the molecule is CN(c1ccccc1)S(=O)(=O)c1ccc(CC2(C)Nc3ccccc3N2)cc1. The lowest BCUT2D eigenvalue weighted by molar-refractivity contribution is 0.593. The second kappa shape index (κ2) is 6.87. The number of para-hydroxylation sites is 3. The quantitative estimate of drug-likeness (QED) is 0.678. The molecular weight excluding hydrogens is 370 g/mol. The summed E-state index contributed by atoms with van der Waals surface area (Å²) >= 11 is 0. The summed E-state index contributed by atoms with van der Waals surface area (Å²) in [6.07, 6.45) is 0.719. The van der Waals surface area contributed by atoms with E-state index in [0.29, 0.717) is 5.69 Å². The van der Waals surface area contributed by atoms with Gasteiger partial charge in [-0.05, 0) is 48.9 Å². The molecule has 0 aliphatic carbocycles. The zero-order valence-electron chi connectivity index (χ0n) is 15.9. The van der Waals surface area contributed by atoms with Gasteiger partial charge in [0, 0.05) is 13.5 Å². The van der Waals surface area contributed by atoms with E-state index in [-0.39, 0.29) is 10.6 Å². The molecule has 0 fully saturated rings. The van der Waals surface area contributed by atoms with Crippen molar-refractivity contribution in [1.82, 2.24) is 0 Å². The van der Waals surface area contributed by atoms with Crippen molar-refractivity contribution < 1.29 is 8.42 Å². The van der Waals surface area contributed by atoms with Crippen LogP contribution in [-0.2, 0) is 16.4 Å². The zero-order chi connectivity index (χ0) is 19.8. The van der Waals surface area contributed by atoms with E-state index in [1.165, 1.54) is 4.31 Å². The number of nitrogens with one attached hydrogen (secondary N) is 2. The van der Waals surface area contributed by atoms with E-state index in [2.05, 4.69) is 17.6 Å². The minimum Gasteiger partial charge on any atom is -0.361 e. The summed E-state index contributed by atoms with van der Waals surface area (Å²) in [5.74, 6) is 0. The highest BCUT2D eigenvalue weighted by molar-refractivity contribution is 7.92. The van der Waals surface area contributed by atoms with Gasteiger partial charge in [0.2, 0.25) is 0 Å². The third-order valence-electron chi connectivity index (χ3n) is 5.01. The third kappa shape index (κ3) is 3.43. The van der Waals surface area contributed by atoms with Crippen molar-refractivity contribution in [2.45, 2.75) is 23.9 Å². The summed E-state index contributed by atoms with van der Waals surface area (Å²) in [4.78, 5) is 0.281. The monoisotopic (exact) mass is 393 g/mol. The Morgan fingerprint density at radius 1 is 0.821 bits per heavy atom. The molecule has 5 nitrogen and oxygen atoms in total. The summed E-state index contributed by atoms with van der Waals surface area (Å²) in [5, 5.41) is 7.01. The maximum atomic E-state index is 12.9. The average molecular weight is 394 g/mol. The molecule has 6 heteroatoms. The van der Waals surface area contributed by atoms with Gasteiger partial charge in [-0.25, -0.2) is 8.42 Å². The molecule has 0 unspecified atom stereocenters. The van der Waals surface area contributed by atoms with Gasteiger partial charge in [0.1, 0.15) is 5.66 Å². The average Bonchev–Trinajstić information content (AvgIpc) is 3.04. The fraction of sp³-hybridized carbons (Fsp3) is 0.182. The molecule has 144 valence electrons. The van der Waals surface area contributed by atoms with E-state index >= 15 is 0 Å². The zero-order valence-corrected chi connectivity index (χ0v) is 16.7. The van der Waals surface area contributed by atoms with Gasteiger partial charge in [0.05, 0.1) is 22.0 Å². The second-order valence-electron chi connectivity index (χ2n) is 7.26. The van der Waals surface area contributed by atoms with E-state index < -0.39 is 10.0 Å². The number of rotatable bonds is 5. The van der Waals surface area contributed by atoms with Crippen molar-refractivity contribution in [2.24, 2.45) is 0 Å². The van der Waals surface area contributed by atoms with Crippen molar-refractivity contribution in [2.75, 3.05) is 22.0 Å². The Hall–Kier alpha value is -2.99. The molecule has 1 heterocycles. The summed E-state index contributed by atoms with van der Waals surface area (Å²) < 4.78 is 27.1. The van der Waals surface area contributed by atoms with Crippen molar-refractivity contribution in [3.8, 4) is 0 Å². The summed E-state index contributed by atoms with van der Waals surface area (Å²) in [7, 11) is -2.02. The van der Waals surface area contributed by atoms with Crippen molar-refractivity contribution in [3.05, 3.63) is 84.4 Å². The molecule has 0 spiro atoms. The van der Waals surface area contributed by atoms with Crippen molar-refractivity contribution in [1.29, 1.82) is 0 Å². The molecular formula is C22H23N3O2S. The molecule has 28 heavy (non-hydrogen) atoms. The smallest absolute Gasteiger partial charge is 0.264 e. The molecule has 2 N–H and O–H groups in total. The van der Waals surface area contributed by atoms with E-state index in [1.54, 1.807) is 31.3 Å². The first-order valence-corrected chi connectivity index (χ1v) is 10.6. The van der Waals surface area contributed by atoms with E-state index in [4.69, 9.17) is 0 Å². The van der Waals surface area contributed by atoms with Gasteiger partial charge in [-0.1, -0.05) is 42.5 Å². The first-order valence-electron chi connectivity index (χ1n) is 9.16. The lowest BCUT2D eigenvalue weighted by Gasteiger charge is -2.26. The van der Waals surface area contributed by atoms with Crippen LogP contribution in [0.4, 0.5) is 17.1 Å². The number of anilines is 3. The fourth-order valence-electron chi connectivity index (χ4n) is 3.54. The van der Waals surface area contributed by atoms with E-state index in [9.17, 15) is 8.42 Å². The van der Waals surface area contributed by atoms with Crippen LogP contribution < -0.4 is 14.9 Å². The number of nitrogens with zero attached hydrogens (tertiary/aromatic N) is 1. The number of sulfonamides is 1. The Kier molecular flexibility index (Phi) is 4.51. The van der Waals surface area contributed by atoms with Gasteiger partial charge in [0.15, 0.2) is 0 Å². The lowest BCUT2D eigenvalue weighted by Crippen LogP contribution is -2.40. The molecule has 0 bridgehead atoms. The predicted molar refractivity (Wildman–Crippen MR) is 114 cm³/mol. The lowest BCUT2D eigenvalue weighted by atomic mass is 10.0. The molecule has 0 saturated heterocycles. The van der Waals surface area contributed by atoms with Gasteiger partial charge in [-0.2, -0.15) is 0 Å². The Bertz CT molecular complexity index is 1060. The van der Waals surface area contributed by atoms with E-state index in [1.807, 2.05) is 54.6 Å². The summed E-state index contributed by atoms with van der Waals surface area (Å²) in [6.45, 7) is 2.10. The van der Waals surface area contributed by atoms with Crippen LogP contribution in [0, 0.1) is 0 Å². The molecule has 3 aromatic carbocycles. The van der Waals surface area contributed by atoms with Gasteiger partial charge in [0.25, 0.3) is 10.0 Å². The Morgan fingerprint density at radius 2 is 1.36 bits per heavy atom. The van der Waals surface area contributed by atoms with Gasteiger partial charge in [-0.3, -0.25) is 4.31 Å². The number of benzene rings is 3. The van der Waals surface area contributed by atoms with Crippen LogP contribution in [0.2, 0.25) is 0 Å². The molecule has 4 rings (SSSR count). The van der Waals surface area contributed by atoms with E-state index in [0.717, 1.165) is 23.4 Å². The Morgan fingerprint density at radius 3 is 1.93 bits per heavy atom. The largest absolute Gasteiger partial charge is 0.361 e. The molecule has 0 aromatic heterocycles. The van der Waals surface area contributed by atoms with Gasteiger partial charge in [-0.15, -0.1) is 0 Å². The van der Waals surface area contributed by atoms with Crippen LogP contribution >= 0.6 is 0 Å². The summed E-state index contributed by atoms with van der Waals surface area (Å²) in [5.41, 5.74) is 3.53. The molecule has 1 aliphatic rings. The molecule has 0 saturated carbocycles. The molecule has 1 aliphatic heterocycles. The number of hydrogen-bond acceptors (Lipinski definition) is 4. The fourth-order valence-corrected chi connectivity index (χ4v) is 4.73. The molecule has 0 radical (unpaired) electrons. The van der Waals surface area contributed by atoms with Crippen molar-refractivity contribution in [3.63, 3.8) is 0 Å². The Balaban J connectivity index is 1.52.